The van der Waals surface area contributed by atoms with E-state index in [1.54, 1.807) is 11.3 Å². The molecule has 0 unspecified atom stereocenters. The molecule has 1 aromatic heterocycles. The van der Waals surface area contributed by atoms with Crippen molar-refractivity contribution in [1.82, 2.24) is 4.90 Å². The molecule has 4 rings (SSSR count). The fraction of sp³-hybridized carbons (Fsp3) is 0.292. The molecule has 8 heteroatoms. The minimum Gasteiger partial charge on any atom is -0.497 e. The van der Waals surface area contributed by atoms with Crippen molar-refractivity contribution < 1.29 is 22.1 Å². The molecule has 6 nitrogen and oxygen atoms in total. The molecule has 0 atom stereocenters. The predicted octanol–water partition coefficient (Wildman–Crippen LogP) is 4.57. The lowest BCUT2D eigenvalue weighted by atomic mass is 9.97. The minimum absolute atomic E-state index is 0.0601. The van der Waals surface area contributed by atoms with Gasteiger partial charge in [0.05, 0.1) is 13.0 Å². The van der Waals surface area contributed by atoms with Crippen molar-refractivity contribution in [1.29, 1.82) is 0 Å². The van der Waals surface area contributed by atoms with Crippen LogP contribution in [0.15, 0.2) is 70.9 Å². The van der Waals surface area contributed by atoms with Crippen molar-refractivity contribution in [3.63, 3.8) is 0 Å². The van der Waals surface area contributed by atoms with Crippen LogP contribution in [-0.2, 0) is 25.6 Å². The van der Waals surface area contributed by atoms with Gasteiger partial charge in [-0.25, -0.2) is 0 Å². The van der Waals surface area contributed by atoms with E-state index in [1.165, 1.54) is 47.4 Å². The first kappa shape index (κ1) is 22.5. The Bertz CT molecular complexity index is 1130. The fourth-order valence-corrected chi connectivity index (χ4v) is 5.42. The van der Waals surface area contributed by atoms with Crippen LogP contribution in [-0.4, -0.2) is 39.5 Å². The number of benzene rings is 2. The third-order valence-corrected chi connectivity index (χ3v) is 7.78. The van der Waals surface area contributed by atoms with Crippen LogP contribution in [0.4, 0.5) is 0 Å². The summed E-state index contributed by atoms with van der Waals surface area (Å²) in [6, 6.07) is 18.5. The third-order valence-electron chi connectivity index (χ3n) is 5.63. The van der Waals surface area contributed by atoms with Gasteiger partial charge in [0.1, 0.15) is 10.6 Å². The molecule has 0 bridgehead atoms. The lowest BCUT2D eigenvalue weighted by Crippen LogP contribution is -2.37. The monoisotopic (exact) mass is 471 g/mol. The number of rotatable bonds is 7. The number of carbonyl (C=O) groups excluding carboxylic acids is 1. The Morgan fingerprint density at radius 1 is 1.03 bits per heavy atom. The van der Waals surface area contributed by atoms with E-state index in [9.17, 15) is 13.2 Å². The molecular weight excluding hydrogens is 446 g/mol. The molecule has 168 valence electrons. The van der Waals surface area contributed by atoms with Gasteiger partial charge in [0.2, 0.25) is 0 Å². The molecule has 0 spiro atoms. The summed E-state index contributed by atoms with van der Waals surface area (Å²) in [5.41, 5.74) is 2.43. The van der Waals surface area contributed by atoms with Gasteiger partial charge in [-0.2, -0.15) is 8.42 Å². The number of hydrogen-bond donors (Lipinski definition) is 0. The maximum atomic E-state index is 12.5. The highest BCUT2D eigenvalue weighted by Gasteiger charge is 2.30. The molecule has 2 heterocycles. The van der Waals surface area contributed by atoms with E-state index in [0.717, 1.165) is 19.6 Å². The SMILES string of the molecule is COc1ccc(S(=O)(=O)OC(=O)C2CCN(Cc3ccc(-c4cccs4)cc3)CC2)cc1. The van der Waals surface area contributed by atoms with E-state index < -0.39 is 22.0 Å². The molecule has 3 aromatic rings. The summed E-state index contributed by atoms with van der Waals surface area (Å²) in [4.78, 5) is 16.0. The predicted molar refractivity (Wildman–Crippen MR) is 124 cm³/mol. The highest BCUT2D eigenvalue weighted by atomic mass is 32.2. The number of thiophene rings is 1. The number of hydrogen-bond acceptors (Lipinski definition) is 7. The third kappa shape index (κ3) is 5.38. The Kier molecular flexibility index (Phi) is 6.93. The zero-order valence-corrected chi connectivity index (χ0v) is 19.4. The normalized spacial score (nSPS) is 15.4. The molecule has 0 saturated carbocycles. The van der Waals surface area contributed by atoms with E-state index >= 15 is 0 Å². The van der Waals surface area contributed by atoms with Crippen LogP contribution in [0.1, 0.15) is 18.4 Å². The maximum absolute atomic E-state index is 12.5. The molecular formula is C24H25NO5S2. The average molecular weight is 472 g/mol. The highest BCUT2D eigenvalue weighted by molar-refractivity contribution is 7.87. The van der Waals surface area contributed by atoms with E-state index in [-0.39, 0.29) is 4.90 Å². The summed E-state index contributed by atoms with van der Waals surface area (Å²) in [5, 5.41) is 2.07. The molecule has 0 radical (unpaired) electrons. The van der Waals surface area contributed by atoms with Gasteiger partial charge in [-0.05, 0) is 72.8 Å². The van der Waals surface area contributed by atoms with Crippen LogP contribution in [0.5, 0.6) is 5.75 Å². The summed E-state index contributed by atoms with van der Waals surface area (Å²) < 4.78 is 34.8. The van der Waals surface area contributed by atoms with Crippen LogP contribution in [0, 0.1) is 5.92 Å². The summed E-state index contributed by atoms with van der Waals surface area (Å²) in [6.45, 7) is 2.24. The van der Waals surface area contributed by atoms with Crippen LogP contribution in [0.2, 0.25) is 0 Å². The van der Waals surface area contributed by atoms with Crippen molar-refractivity contribution in [2.24, 2.45) is 5.92 Å². The Morgan fingerprint density at radius 3 is 2.31 bits per heavy atom. The van der Waals surface area contributed by atoms with Gasteiger partial charge >= 0.3 is 16.1 Å². The number of likely N-dealkylation sites (tertiary alicyclic amines) is 1. The van der Waals surface area contributed by atoms with E-state index in [4.69, 9.17) is 8.92 Å². The first-order valence-corrected chi connectivity index (χ1v) is 12.7. The zero-order valence-electron chi connectivity index (χ0n) is 17.8. The number of methoxy groups -OCH3 is 1. The van der Waals surface area contributed by atoms with Gasteiger partial charge in [0.25, 0.3) is 0 Å². The van der Waals surface area contributed by atoms with Crippen molar-refractivity contribution in [2.45, 2.75) is 24.3 Å². The standard InChI is InChI=1S/C24H25NO5S2/c1-29-21-8-10-22(11-9-21)32(27,28)30-24(26)20-12-14-25(15-13-20)17-18-4-6-19(7-5-18)23-3-2-16-31-23/h2-11,16,20H,12-15,17H2,1H3. The minimum atomic E-state index is -4.14. The number of piperidine rings is 1. The van der Waals surface area contributed by atoms with Gasteiger partial charge in [-0.15, -0.1) is 11.3 Å². The van der Waals surface area contributed by atoms with Crippen molar-refractivity contribution in [3.8, 4) is 16.2 Å². The van der Waals surface area contributed by atoms with Gasteiger partial charge < -0.3 is 8.92 Å². The van der Waals surface area contributed by atoms with Gasteiger partial charge in [-0.3, -0.25) is 9.69 Å². The molecule has 1 aliphatic heterocycles. The Labute approximate surface area is 192 Å². The number of ether oxygens (including phenoxy) is 1. The number of nitrogens with zero attached hydrogens (tertiary/aromatic N) is 1. The van der Waals surface area contributed by atoms with Gasteiger partial charge in [0.15, 0.2) is 0 Å². The van der Waals surface area contributed by atoms with Crippen LogP contribution < -0.4 is 4.74 Å². The van der Waals surface area contributed by atoms with Crippen LogP contribution in [0.3, 0.4) is 0 Å². The maximum Gasteiger partial charge on any atom is 0.341 e. The smallest absolute Gasteiger partial charge is 0.341 e. The molecule has 1 aliphatic rings. The average Bonchev–Trinajstić information content (AvgIpc) is 3.35. The summed E-state index contributed by atoms with van der Waals surface area (Å²) >= 11 is 1.72. The topological polar surface area (TPSA) is 72.9 Å². The zero-order chi connectivity index (χ0) is 22.6. The van der Waals surface area contributed by atoms with Gasteiger partial charge in [0, 0.05) is 11.4 Å². The Hall–Kier alpha value is -2.68. The van der Waals surface area contributed by atoms with Crippen molar-refractivity contribution >= 4 is 27.4 Å². The quantitative estimate of drug-likeness (QED) is 0.470. The van der Waals surface area contributed by atoms with Gasteiger partial charge in [-0.1, -0.05) is 30.3 Å². The van der Waals surface area contributed by atoms with Crippen molar-refractivity contribution in [2.75, 3.05) is 20.2 Å². The molecule has 1 saturated heterocycles. The molecule has 0 N–H and O–H groups in total. The first-order valence-electron chi connectivity index (χ1n) is 10.4. The Morgan fingerprint density at radius 2 is 1.72 bits per heavy atom. The molecule has 32 heavy (non-hydrogen) atoms. The number of carbonyl (C=O) groups is 1. The molecule has 0 aliphatic carbocycles. The van der Waals surface area contributed by atoms with E-state index in [0.29, 0.717) is 18.6 Å². The second-order valence-corrected chi connectivity index (χ2v) is 10.3. The molecule has 1 fully saturated rings. The highest BCUT2D eigenvalue weighted by Crippen LogP contribution is 2.26. The molecule has 2 aromatic carbocycles. The summed E-state index contributed by atoms with van der Waals surface area (Å²) in [5.74, 6) is -0.565. The lowest BCUT2D eigenvalue weighted by Gasteiger charge is -2.30. The second kappa shape index (κ2) is 9.85. The van der Waals surface area contributed by atoms with Crippen LogP contribution >= 0.6 is 11.3 Å². The summed E-state index contributed by atoms with van der Waals surface area (Å²) in [7, 11) is -2.64. The van der Waals surface area contributed by atoms with Crippen molar-refractivity contribution in [3.05, 3.63) is 71.6 Å². The molecule has 0 amide bonds. The lowest BCUT2D eigenvalue weighted by molar-refractivity contribution is -0.140. The summed E-state index contributed by atoms with van der Waals surface area (Å²) in [6.07, 6.45) is 1.15. The van der Waals surface area contributed by atoms with Crippen LogP contribution in [0.25, 0.3) is 10.4 Å². The van der Waals surface area contributed by atoms with E-state index in [1.807, 2.05) is 6.07 Å². The second-order valence-electron chi connectivity index (χ2n) is 7.76. The largest absolute Gasteiger partial charge is 0.497 e. The fourth-order valence-electron chi connectivity index (χ4n) is 3.77. The van der Waals surface area contributed by atoms with E-state index in [2.05, 4.69) is 40.6 Å². The Balaban J connectivity index is 1.28. The first-order chi connectivity index (χ1) is 15.4.